The molecule has 1 heterocycles. The summed E-state index contributed by atoms with van der Waals surface area (Å²) in [7, 11) is 0. The number of aromatic nitrogens is 1. The molecule has 0 saturated heterocycles. The van der Waals surface area contributed by atoms with Gasteiger partial charge < -0.3 is 15.6 Å². The summed E-state index contributed by atoms with van der Waals surface area (Å²) < 4.78 is 0. The third kappa shape index (κ3) is 5.57. The van der Waals surface area contributed by atoms with E-state index in [2.05, 4.69) is 21.7 Å². The van der Waals surface area contributed by atoms with E-state index in [0.29, 0.717) is 18.5 Å². The molecule has 0 atom stereocenters. The maximum atomic E-state index is 13.0. The molecule has 0 bridgehead atoms. The number of hydrogen-bond donors (Lipinski definition) is 3. The number of carbonyl (C=O) groups is 2. The Labute approximate surface area is 193 Å². The second kappa shape index (κ2) is 10.0. The van der Waals surface area contributed by atoms with Crippen LogP contribution in [0.1, 0.15) is 32.6 Å². The number of aromatic amines is 1. The van der Waals surface area contributed by atoms with Crippen molar-refractivity contribution in [1.82, 2.24) is 15.6 Å². The number of fused-ring (bicyclic) bond motifs is 1. The van der Waals surface area contributed by atoms with Gasteiger partial charge in [0.15, 0.2) is 0 Å². The van der Waals surface area contributed by atoms with Crippen molar-refractivity contribution in [3.63, 3.8) is 0 Å². The SMILES string of the molecule is Cc1ccc(/C=C(/NC(=O)c2ccc(C)cc2)C(=O)NCCc2c[nH]c3ccccc23)cc1. The molecule has 0 aliphatic heterocycles. The molecule has 3 aromatic carbocycles. The van der Waals surface area contributed by atoms with E-state index in [9.17, 15) is 9.59 Å². The largest absolute Gasteiger partial charge is 0.361 e. The van der Waals surface area contributed by atoms with E-state index in [4.69, 9.17) is 0 Å². The van der Waals surface area contributed by atoms with Crippen molar-refractivity contribution in [2.45, 2.75) is 20.3 Å². The third-order valence-corrected chi connectivity index (χ3v) is 5.55. The van der Waals surface area contributed by atoms with E-state index >= 15 is 0 Å². The summed E-state index contributed by atoms with van der Waals surface area (Å²) in [6, 6.07) is 23.1. The van der Waals surface area contributed by atoms with Crippen LogP contribution in [0.4, 0.5) is 0 Å². The number of hydrogen-bond acceptors (Lipinski definition) is 2. The number of nitrogens with one attached hydrogen (secondary N) is 3. The van der Waals surface area contributed by atoms with Gasteiger partial charge in [0.25, 0.3) is 11.8 Å². The van der Waals surface area contributed by atoms with Crippen molar-refractivity contribution in [3.8, 4) is 0 Å². The van der Waals surface area contributed by atoms with Crippen molar-refractivity contribution in [3.05, 3.63) is 113 Å². The summed E-state index contributed by atoms with van der Waals surface area (Å²) in [5, 5.41) is 6.89. The van der Waals surface area contributed by atoms with Gasteiger partial charge in [0, 0.05) is 29.2 Å². The van der Waals surface area contributed by atoms with Crippen LogP contribution in [0.25, 0.3) is 17.0 Å². The second-order valence-electron chi connectivity index (χ2n) is 8.15. The Balaban J connectivity index is 1.49. The summed E-state index contributed by atoms with van der Waals surface area (Å²) in [5.41, 5.74) is 5.96. The summed E-state index contributed by atoms with van der Waals surface area (Å²) in [6.45, 7) is 4.42. The fraction of sp³-hybridized carbons (Fsp3) is 0.143. The Hall–Kier alpha value is -4.12. The molecule has 166 valence electrons. The van der Waals surface area contributed by atoms with Crippen LogP contribution in [-0.4, -0.2) is 23.3 Å². The molecule has 0 unspecified atom stereocenters. The maximum Gasteiger partial charge on any atom is 0.267 e. The Bertz CT molecular complexity index is 1300. The molecule has 0 fully saturated rings. The summed E-state index contributed by atoms with van der Waals surface area (Å²) in [5.74, 6) is -0.643. The molecule has 0 saturated carbocycles. The van der Waals surface area contributed by atoms with Gasteiger partial charge in [-0.3, -0.25) is 9.59 Å². The van der Waals surface area contributed by atoms with Crippen LogP contribution in [0.2, 0.25) is 0 Å². The molecule has 0 aliphatic carbocycles. The molecular weight excluding hydrogens is 410 g/mol. The Morgan fingerprint density at radius 1 is 0.879 bits per heavy atom. The van der Waals surface area contributed by atoms with Crippen LogP contribution in [0.3, 0.4) is 0 Å². The van der Waals surface area contributed by atoms with Crippen molar-refractivity contribution in [1.29, 1.82) is 0 Å². The van der Waals surface area contributed by atoms with Crippen molar-refractivity contribution in [2.75, 3.05) is 6.54 Å². The lowest BCUT2D eigenvalue weighted by Crippen LogP contribution is -2.35. The highest BCUT2D eigenvalue weighted by molar-refractivity contribution is 6.05. The van der Waals surface area contributed by atoms with Gasteiger partial charge in [-0.2, -0.15) is 0 Å². The first-order valence-corrected chi connectivity index (χ1v) is 11.0. The first-order valence-electron chi connectivity index (χ1n) is 11.0. The number of rotatable bonds is 7. The zero-order chi connectivity index (χ0) is 23.2. The fourth-order valence-corrected chi connectivity index (χ4v) is 3.63. The lowest BCUT2D eigenvalue weighted by molar-refractivity contribution is -0.117. The topological polar surface area (TPSA) is 74.0 Å². The highest BCUT2D eigenvalue weighted by Gasteiger charge is 2.15. The Morgan fingerprint density at radius 2 is 1.55 bits per heavy atom. The monoisotopic (exact) mass is 437 g/mol. The first-order chi connectivity index (χ1) is 16.0. The number of H-pyrrole nitrogens is 1. The van der Waals surface area contributed by atoms with Crippen LogP contribution in [0, 0.1) is 13.8 Å². The fourth-order valence-electron chi connectivity index (χ4n) is 3.63. The zero-order valence-electron chi connectivity index (χ0n) is 18.8. The first kappa shape index (κ1) is 22.1. The maximum absolute atomic E-state index is 13.0. The molecule has 4 aromatic rings. The van der Waals surface area contributed by atoms with E-state index in [1.807, 2.05) is 74.6 Å². The standard InChI is InChI=1S/C28H27N3O2/c1-19-7-11-21(12-8-19)17-26(31-27(32)22-13-9-20(2)10-14-22)28(33)29-16-15-23-18-30-25-6-4-3-5-24(23)25/h3-14,17-18,30H,15-16H2,1-2H3,(H,29,33)(H,31,32)/b26-17+. The van der Waals surface area contributed by atoms with Gasteiger partial charge in [-0.1, -0.05) is 65.7 Å². The minimum atomic E-state index is -0.323. The zero-order valence-corrected chi connectivity index (χ0v) is 18.8. The molecule has 1 aromatic heterocycles. The Morgan fingerprint density at radius 3 is 2.27 bits per heavy atom. The van der Waals surface area contributed by atoms with Gasteiger partial charge in [-0.05, 0) is 55.7 Å². The van der Waals surface area contributed by atoms with Crippen molar-refractivity contribution >= 4 is 28.8 Å². The number of amides is 2. The van der Waals surface area contributed by atoms with E-state index in [1.54, 1.807) is 18.2 Å². The molecule has 33 heavy (non-hydrogen) atoms. The van der Waals surface area contributed by atoms with Crippen molar-refractivity contribution in [2.24, 2.45) is 0 Å². The van der Waals surface area contributed by atoms with Crippen LogP contribution in [0.5, 0.6) is 0 Å². The molecule has 0 radical (unpaired) electrons. The smallest absolute Gasteiger partial charge is 0.267 e. The molecule has 5 nitrogen and oxygen atoms in total. The molecular formula is C28H27N3O2. The molecule has 0 spiro atoms. The highest BCUT2D eigenvalue weighted by atomic mass is 16.2. The Kier molecular flexibility index (Phi) is 6.69. The highest BCUT2D eigenvalue weighted by Crippen LogP contribution is 2.17. The number of carbonyl (C=O) groups excluding carboxylic acids is 2. The quantitative estimate of drug-likeness (QED) is 0.359. The number of para-hydroxylation sites is 1. The van der Waals surface area contributed by atoms with E-state index < -0.39 is 0 Å². The van der Waals surface area contributed by atoms with Crippen LogP contribution < -0.4 is 10.6 Å². The molecule has 5 heteroatoms. The average Bonchev–Trinajstić information content (AvgIpc) is 3.23. The average molecular weight is 438 g/mol. The van der Waals surface area contributed by atoms with Gasteiger partial charge in [0.2, 0.25) is 0 Å². The lowest BCUT2D eigenvalue weighted by atomic mass is 10.1. The van der Waals surface area contributed by atoms with Crippen LogP contribution in [-0.2, 0) is 11.2 Å². The summed E-state index contributed by atoms with van der Waals surface area (Å²) in [6.07, 6.45) is 4.35. The van der Waals surface area contributed by atoms with E-state index in [-0.39, 0.29) is 17.5 Å². The lowest BCUT2D eigenvalue weighted by Gasteiger charge is -2.12. The molecule has 3 N–H and O–H groups in total. The van der Waals surface area contributed by atoms with Crippen LogP contribution in [0.15, 0.2) is 84.7 Å². The number of aryl methyl sites for hydroxylation is 2. The van der Waals surface area contributed by atoms with Gasteiger partial charge in [0.05, 0.1) is 0 Å². The minimum Gasteiger partial charge on any atom is -0.361 e. The predicted octanol–water partition coefficient (Wildman–Crippen LogP) is 4.91. The molecule has 4 rings (SSSR count). The van der Waals surface area contributed by atoms with E-state index in [1.165, 1.54) is 0 Å². The number of benzene rings is 3. The van der Waals surface area contributed by atoms with Crippen LogP contribution >= 0.6 is 0 Å². The predicted molar refractivity (Wildman–Crippen MR) is 133 cm³/mol. The van der Waals surface area contributed by atoms with E-state index in [0.717, 1.165) is 33.2 Å². The minimum absolute atomic E-state index is 0.211. The second-order valence-corrected chi connectivity index (χ2v) is 8.15. The van der Waals surface area contributed by atoms with Gasteiger partial charge in [-0.15, -0.1) is 0 Å². The summed E-state index contributed by atoms with van der Waals surface area (Å²) >= 11 is 0. The summed E-state index contributed by atoms with van der Waals surface area (Å²) in [4.78, 5) is 29.1. The third-order valence-electron chi connectivity index (χ3n) is 5.55. The molecule has 0 aliphatic rings. The normalized spacial score (nSPS) is 11.4. The van der Waals surface area contributed by atoms with Gasteiger partial charge in [-0.25, -0.2) is 0 Å². The van der Waals surface area contributed by atoms with Gasteiger partial charge in [0.1, 0.15) is 5.70 Å². The molecule has 2 amide bonds. The van der Waals surface area contributed by atoms with Gasteiger partial charge >= 0.3 is 0 Å². The van der Waals surface area contributed by atoms with Crippen molar-refractivity contribution < 1.29 is 9.59 Å².